The first-order valence-corrected chi connectivity index (χ1v) is 17.0. The molecule has 0 aliphatic heterocycles. The van der Waals surface area contributed by atoms with Crippen LogP contribution in [0.2, 0.25) is 0 Å². The summed E-state index contributed by atoms with van der Waals surface area (Å²) in [5, 5.41) is 10.4. The molecular formula is C42H36N4O3S. The number of rotatable bonds is 11. The van der Waals surface area contributed by atoms with Crippen LogP contribution in [0.4, 0.5) is 17.1 Å². The van der Waals surface area contributed by atoms with Crippen LogP contribution in [0, 0.1) is 0 Å². The van der Waals surface area contributed by atoms with Gasteiger partial charge in [0.05, 0.1) is 0 Å². The second-order valence-corrected chi connectivity index (χ2v) is 13.0. The molecule has 7 nitrogen and oxygen atoms in total. The van der Waals surface area contributed by atoms with E-state index in [4.69, 9.17) is 0 Å². The molecule has 248 valence electrons. The van der Waals surface area contributed by atoms with Gasteiger partial charge in [-0.25, -0.2) is 0 Å². The van der Waals surface area contributed by atoms with Gasteiger partial charge in [0.1, 0.15) is 10.9 Å². The van der Waals surface area contributed by atoms with E-state index in [1.54, 1.807) is 36.4 Å². The lowest BCUT2D eigenvalue weighted by molar-refractivity contribution is -0.116. The third-order valence-corrected chi connectivity index (χ3v) is 9.20. The van der Waals surface area contributed by atoms with Crippen molar-refractivity contribution in [2.24, 2.45) is 0 Å². The molecule has 0 bridgehead atoms. The Labute approximate surface area is 296 Å². The highest BCUT2D eigenvalue weighted by Crippen LogP contribution is 2.37. The number of nitrogens with one attached hydrogen (secondary N) is 3. The molecule has 0 aliphatic carbocycles. The first-order chi connectivity index (χ1) is 24.3. The monoisotopic (exact) mass is 676 g/mol. The molecule has 1 unspecified atom stereocenters. The van der Waals surface area contributed by atoms with E-state index in [-0.39, 0.29) is 11.6 Å². The number of hydrogen-bond donors (Lipinski definition) is 3. The maximum atomic E-state index is 13.8. The fourth-order valence-electron chi connectivity index (χ4n) is 5.34. The van der Waals surface area contributed by atoms with E-state index in [1.807, 2.05) is 140 Å². The number of fused-ring (bicyclic) bond motifs is 1. The Bertz CT molecular complexity index is 2150. The molecule has 0 fully saturated rings. The van der Waals surface area contributed by atoms with Crippen molar-refractivity contribution in [3.8, 4) is 0 Å². The van der Waals surface area contributed by atoms with E-state index in [9.17, 15) is 14.4 Å². The standard InChI is InChI=1S/C42H36N4O3S/c1-46(2)36-24-20-29(21-25-36)26-38(45-40(47)32-15-7-4-8-16-32)41(48)43-34-18-11-19-37(28-34)50-39(31-13-5-3-6-14-31)42(49)44-35-23-22-30-12-9-10-17-33(30)27-35/h3-28,39H,1-2H3,(H,43,48)(H,44,49)(H,45,47)/b38-26+. The molecule has 0 aliphatic rings. The average molecular weight is 677 g/mol. The summed E-state index contributed by atoms with van der Waals surface area (Å²) in [5.74, 6) is -1.05. The number of carbonyl (C=O) groups excluding carboxylic acids is 3. The third kappa shape index (κ3) is 8.66. The van der Waals surface area contributed by atoms with Crippen molar-refractivity contribution in [3.63, 3.8) is 0 Å². The Morgan fingerprint density at radius 3 is 2.02 bits per heavy atom. The first-order valence-electron chi connectivity index (χ1n) is 16.1. The number of carbonyl (C=O) groups is 3. The van der Waals surface area contributed by atoms with Gasteiger partial charge in [0, 0.05) is 41.6 Å². The SMILES string of the molecule is CN(C)c1ccc(/C=C(/NC(=O)c2ccccc2)C(=O)Nc2cccc(SC(C(=O)Nc3ccc4ccccc4c3)c3ccccc3)c2)cc1. The molecular weight excluding hydrogens is 641 g/mol. The number of benzene rings is 6. The predicted octanol–water partition coefficient (Wildman–Crippen LogP) is 8.79. The van der Waals surface area contributed by atoms with Gasteiger partial charge in [0.15, 0.2) is 0 Å². The van der Waals surface area contributed by atoms with Gasteiger partial charge in [-0.05, 0) is 82.6 Å². The Kier molecular flexibility index (Phi) is 10.7. The lowest BCUT2D eigenvalue weighted by atomic mass is 10.1. The zero-order valence-electron chi connectivity index (χ0n) is 27.7. The average Bonchev–Trinajstić information content (AvgIpc) is 3.14. The summed E-state index contributed by atoms with van der Waals surface area (Å²) >= 11 is 1.38. The van der Waals surface area contributed by atoms with E-state index < -0.39 is 17.1 Å². The van der Waals surface area contributed by atoms with E-state index in [1.165, 1.54) is 11.8 Å². The smallest absolute Gasteiger partial charge is 0.272 e. The molecule has 6 rings (SSSR count). The van der Waals surface area contributed by atoms with Crippen molar-refractivity contribution in [1.29, 1.82) is 0 Å². The number of hydrogen-bond acceptors (Lipinski definition) is 5. The Balaban J connectivity index is 1.23. The lowest BCUT2D eigenvalue weighted by Gasteiger charge is -2.18. The van der Waals surface area contributed by atoms with Crippen molar-refractivity contribution in [2.45, 2.75) is 10.1 Å². The van der Waals surface area contributed by atoms with Crippen LogP contribution in [-0.4, -0.2) is 31.8 Å². The number of anilines is 3. The van der Waals surface area contributed by atoms with Crippen LogP contribution in [0.1, 0.15) is 26.7 Å². The summed E-state index contributed by atoms with van der Waals surface area (Å²) in [6.45, 7) is 0. The molecule has 0 radical (unpaired) electrons. The second kappa shape index (κ2) is 15.9. The van der Waals surface area contributed by atoms with Crippen molar-refractivity contribution in [1.82, 2.24) is 5.32 Å². The van der Waals surface area contributed by atoms with Gasteiger partial charge in [0.25, 0.3) is 11.8 Å². The van der Waals surface area contributed by atoms with E-state index in [2.05, 4.69) is 16.0 Å². The topological polar surface area (TPSA) is 90.5 Å². The highest BCUT2D eigenvalue weighted by atomic mass is 32.2. The fourth-order valence-corrected chi connectivity index (χ4v) is 6.42. The van der Waals surface area contributed by atoms with Crippen LogP contribution in [0.15, 0.2) is 162 Å². The van der Waals surface area contributed by atoms with Crippen LogP contribution in [-0.2, 0) is 9.59 Å². The molecule has 0 saturated heterocycles. The van der Waals surface area contributed by atoms with Crippen molar-refractivity contribution in [2.75, 3.05) is 29.6 Å². The van der Waals surface area contributed by atoms with E-state index >= 15 is 0 Å². The van der Waals surface area contributed by atoms with Gasteiger partial charge in [-0.15, -0.1) is 11.8 Å². The molecule has 0 heterocycles. The van der Waals surface area contributed by atoms with Crippen LogP contribution in [0.3, 0.4) is 0 Å². The van der Waals surface area contributed by atoms with Crippen LogP contribution in [0.25, 0.3) is 16.8 Å². The molecule has 8 heteroatoms. The van der Waals surface area contributed by atoms with Crippen molar-refractivity contribution in [3.05, 3.63) is 174 Å². The molecule has 0 aromatic heterocycles. The summed E-state index contributed by atoms with van der Waals surface area (Å²) in [7, 11) is 3.91. The maximum Gasteiger partial charge on any atom is 0.272 e. The fraction of sp³-hybridized carbons (Fsp3) is 0.0714. The van der Waals surface area contributed by atoms with Crippen LogP contribution < -0.4 is 20.9 Å². The summed E-state index contributed by atoms with van der Waals surface area (Å²) < 4.78 is 0. The Morgan fingerprint density at radius 2 is 1.30 bits per heavy atom. The van der Waals surface area contributed by atoms with Gasteiger partial charge in [-0.2, -0.15) is 0 Å². The molecule has 6 aromatic rings. The quantitative estimate of drug-likeness (QED) is 0.0943. The predicted molar refractivity (Wildman–Crippen MR) is 205 cm³/mol. The summed E-state index contributed by atoms with van der Waals surface area (Å²) in [6, 6.07) is 47.2. The minimum absolute atomic E-state index is 0.0893. The summed E-state index contributed by atoms with van der Waals surface area (Å²) in [4.78, 5) is 43.5. The molecule has 50 heavy (non-hydrogen) atoms. The minimum Gasteiger partial charge on any atom is -0.378 e. The van der Waals surface area contributed by atoms with Gasteiger partial charge in [-0.1, -0.05) is 97.1 Å². The molecule has 1 atom stereocenters. The highest BCUT2D eigenvalue weighted by molar-refractivity contribution is 8.00. The lowest BCUT2D eigenvalue weighted by Crippen LogP contribution is -2.30. The van der Waals surface area contributed by atoms with Crippen LogP contribution in [0.5, 0.6) is 0 Å². The highest BCUT2D eigenvalue weighted by Gasteiger charge is 2.23. The van der Waals surface area contributed by atoms with E-state index in [0.717, 1.165) is 32.5 Å². The maximum absolute atomic E-state index is 13.8. The summed E-state index contributed by atoms with van der Waals surface area (Å²) in [6.07, 6.45) is 1.65. The van der Waals surface area contributed by atoms with Crippen LogP contribution >= 0.6 is 11.8 Å². The largest absolute Gasteiger partial charge is 0.378 e. The third-order valence-electron chi connectivity index (χ3n) is 7.95. The van der Waals surface area contributed by atoms with Gasteiger partial charge in [-0.3, -0.25) is 14.4 Å². The number of amides is 3. The molecule has 6 aromatic carbocycles. The molecule has 3 amide bonds. The van der Waals surface area contributed by atoms with Crippen molar-refractivity contribution < 1.29 is 14.4 Å². The minimum atomic E-state index is -0.570. The Morgan fingerprint density at radius 1 is 0.640 bits per heavy atom. The Hall–Kier alpha value is -6.12. The molecule has 0 spiro atoms. The van der Waals surface area contributed by atoms with E-state index in [0.29, 0.717) is 16.9 Å². The second-order valence-electron chi connectivity index (χ2n) is 11.8. The molecule has 3 N–H and O–H groups in total. The normalized spacial score (nSPS) is 11.8. The van der Waals surface area contributed by atoms with Gasteiger partial charge < -0.3 is 20.9 Å². The van der Waals surface area contributed by atoms with Crippen molar-refractivity contribution >= 4 is 63.4 Å². The number of nitrogens with zero attached hydrogens (tertiary/aromatic N) is 1. The van der Waals surface area contributed by atoms with Gasteiger partial charge in [0.2, 0.25) is 5.91 Å². The zero-order chi connectivity index (χ0) is 34.9. The number of thioether (sulfide) groups is 1. The first kappa shape index (κ1) is 33.8. The zero-order valence-corrected chi connectivity index (χ0v) is 28.5. The summed E-state index contributed by atoms with van der Waals surface area (Å²) in [5.41, 5.74) is 4.36. The molecule has 0 saturated carbocycles. The van der Waals surface area contributed by atoms with Gasteiger partial charge >= 0.3 is 0 Å².